The molecule has 3 rings (SSSR count). The number of methoxy groups -OCH3 is 1. The van der Waals surface area contributed by atoms with Crippen LogP contribution in [-0.2, 0) is 16.0 Å². The largest absolute Gasteiger partial charge is 0.360 e. The van der Waals surface area contributed by atoms with Crippen molar-refractivity contribution in [1.29, 1.82) is 0 Å². The van der Waals surface area contributed by atoms with Gasteiger partial charge in [0.25, 0.3) is 0 Å². The highest BCUT2D eigenvalue weighted by Gasteiger charge is 2.34. The fourth-order valence-corrected chi connectivity index (χ4v) is 3.68. The summed E-state index contributed by atoms with van der Waals surface area (Å²) in [5, 5.41) is 5.61. The van der Waals surface area contributed by atoms with E-state index < -0.39 is 5.79 Å². The summed E-state index contributed by atoms with van der Waals surface area (Å²) < 4.78 is 5.67. The van der Waals surface area contributed by atoms with Gasteiger partial charge in [-0.05, 0) is 36.6 Å². The van der Waals surface area contributed by atoms with E-state index in [1.165, 1.54) is 6.42 Å². The molecule has 26 heavy (non-hydrogen) atoms. The van der Waals surface area contributed by atoms with E-state index in [1.54, 1.807) is 25.4 Å². The van der Waals surface area contributed by atoms with Crippen molar-refractivity contribution in [2.24, 2.45) is 5.16 Å². The van der Waals surface area contributed by atoms with E-state index in [0.29, 0.717) is 16.5 Å². The van der Waals surface area contributed by atoms with Gasteiger partial charge >= 0.3 is 0 Å². The lowest BCUT2D eigenvalue weighted by Crippen LogP contribution is -2.36. The van der Waals surface area contributed by atoms with E-state index in [2.05, 4.69) is 10.1 Å². The molecule has 1 aliphatic carbocycles. The summed E-state index contributed by atoms with van der Waals surface area (Å²) in [6.07, 6.45) is 9.12. The van der Waals surface area contributed by atoms with Crippen molar-refractivity contribution < 1.29 is 9.57 Å². The Morgan fingerprint density at radius 1 is 1.19 bits per heavy atom. The van der Waals surface area contributed by atoms with Crippen molar-refractivity contribution >= 4 is 28.9 Å². The molecule has 0 amide bonds. The zero-order valence-electron chi connectivity index (χ0n) is 14.8. The van der Waals surface area contributed by atoms with E-state index in [9.17, 15) is 0 Å². The number of benzene rings is 1. The lowest BCUT2D eigenvalue weighted by molar-refractivity contribution is -0.239. The Morgan fingerprint density at radius 3 is 2.65 bits per heavy atom. The second-order valence-corrected chi connectivity index (χ2v) is 7.31. The Kier molecular flexibility index (Phi) is 6.52. The minimum absolute atomic E-state index is 0.541. The van der Waals surface area contributed by atoms with Crippen LogP contribution in [0.1, 0.15) is 43.2 Å². The predicted molar refractivity (Wildman–Crippen MR) is 105 cm³/mol. The third-order valence-corrected chi connectivity index (χ3v) is 5.19. The van der Waals surface area contributed by atoms with Gasteiger partial charge in [0.2, 0.25) is 5.79 Å². The fourth-order valence-electron chi connectivity index (χ4n) is 3.16. The smallest absolute Gasteiger partial charge is 0.236 e. The van der Waals surface area contributed by atoms with E-state index >= 15 is 0 Å². The van der Waals surface area contributed by atoms with Gasteiger partial charge < -0.3 is 9.57 Å². The van der Waals surface area contributed by atoms with Crippen LogP contribution >= 0.6 is 23.2 Å². The number of hydrogen-bond donors (Lipinski definition) is 0. The first kappa shape index (κ1) is 19.2. The van der Waals surface area contributed by atoms with Crippen LogP contribution in [0.5, 0.6) is 0 Å². The summed E-state index contributed by atoms with van der Waals surface area (Å²) in [5.41, 5.74) is 2.54. The van der Waals surface area contributed by atoms with Gasteiger partial charge in [0.05, 0.1) is 10.7 Å². The van der Waals surface area contributed by atoms with Gasteiger partial charge in [0.1, 0.15) is 0 Å². The average Bonchev–Trinajstić information content (AvgIpc) is 2.67. The lowest BCUT2D eigenvalue weighted by atomic mass is 9.94. The average molecular weight is 393 g/mol. The van der Waals surface area contributed by atoms with Crippen molar-refractivity contribution in [2.75, 3.05) is 7.11 Å². The maximum atomic E-state index is 6.41. The molecular formula is C20H22Cl2N2O2. The molecule has 1 fully saturated rings. The van der Waals surface area contributed by atoms with Gasteiger partial charge in [-0.1, -0.05) is 46.9 Å². The quantitative estimate of drug-likeness (QED) is 0.361. The van der Waals surface area contributed by atoms with Crippen LogP contribution in [0.3, 0.4) is 0 Å². The Bertz CT molecular complexity index is 760. The van der Waals surface area contributed by atoms with E-state index in [4.69, 9.17) is 32.8 Å². The van der Waals surface area contributed by atoms with Crippen LogP contribution in [-0.4, -0.2) is 23.6 Å². The van der Waals surface area contributed by atoms with Crippen molar-refractivity contribution in [1.82, 2.24) is 4.98 Å². The van der Waals surface area contributed by atoms with Gasteiger partial charge in [0.15, 0.2) is 0 Å². The predicted octanol–water partition coefficient (Wildman–Crippen LogP) is 5.66. The van der Waals surface area contributed by atoms with Gasteiger partial charge in [0, 0.05) is 49.4 Å². The number of nitrogens with zero attached hydrogens (tertiary/aromatic N) is 2. The number of rotatable bonds is 6. The van der Waals surface area contributed by atoms with Crippen LogP contribution in [0.15, 0.2) is 47.9 Å². The SMILES string of the molecule is COC1(ON=C(Cc2cccnc2)c2ccc(Cl)cc2Cl)CCCCC1. The van der Waals surface area contributed by atoms with Gasteiger partial charge in [-0.2, -0.15) is 0 Å². The lowest BCUT2D eigenvalue weighted by Gasteiger charge is -2.33. The zero-order chi connectivity index (χ0) is 18.4. The highest BCUT2D eigenvalue weighted by Crippen LogP contribution is 2.33. The van der Waals surface area contributed by atoms with Gasteiger partial charge in [-0.25, -0.2) is 0 Å². The van der Waals surface area contributed by atoms with Crippen LogP contribution in [0.2, 0.25) is 10.0 Å². The maximum absolute atomic E-state index is 6.41. The number of ether oxygens (including phenoxy) is 1. The molecule has 6 heteroatoms. The van der Waals surface area contributed by atoms with E-state index in [1.807, 2.05) is 24.4 Å². The number of oxime groups is 1. The summed E-state index contributed by atoms with van der Waals surface area (Å²) >= 11 is 12.5. The zero-order valence-corrected chi connectivity index (χ0v) is 16.3. The molecule has 0 radical (unpaired) electrons. The fraction of sp³-hybridized carbons (Fsp3) is 0.400. The summed E-state index contributed by atoms with van der Waals surface area (Å²) in [5.74, 6) is -0.655. The molecule has 0 atom stereocenters. The molecule has 1 aromatic carbocycles. The molecule has 0 saturated heterocycles. The standard InChI is InChI=1S/C20H22Cl2N2O2/c1-25-20(9-3-2-4-10-20)26-24-19(12-15-6-5-11-23-14-15)17-8-7-16(21)13-18(17)22/h5-8,11,13-14H,2-4,9-10,12H2,1H3. The number of pyridine rings is 1. The molecule has 0 spiro atoms. The number of hydrogen-bond acceptors (Lipinski definition) is 4. The molecule has 1 heterocycles. The molecule has 1 aliphatic rings. The van der Waals surface area contributed by atoms with Crippen LogP contribution in [0, 0.1) is 0 Å². The Labute approximate surface area is 164 Å². The van der Waals surface area contributed by atoms with Crippen molar-refractivity contribution in [3.63, 3.8) is 0 Å². The van der Waals surface area contributed by atoms with Gasteiger partial charge in [-0.3, -0.25) is 4.98 Å². The molecule has 0 N–H and O–H groups in total. The summed E-state index contributed by atoms with van der Waals surface area (Å²) in [6, 6.07) is 9.27. The summed E-state index contributed by atoms with van der Waals surface area (Å²) in [4.78, 5) is 10.1. The summed E-state index contributed by atoms with van der Waals surface area (Å²) in [6.45, 7) is 0. The van der Waals surface area contributed by atoms with Crippen molar-refractivity contribution in [3.05, 3.63) is 63.9 Å². The molecule has 1 saturated carbocycles. The van der Waals surface area contributed by atoms with Crippen LogP contribution in [0.25, 0.3) is 0 Å². The van der Waals surface area contributed by atoms with Crippen molar-refractivity contribution in [3.8, 4) is 0 Å². The molecule has 0 unspecified atom stereocenters. The monoisotopic (exact) mass is 392 g/mol. The van der Waals surface area contributed by atoms with E-state index in [-0.39, 0.29) is 0 Å². The molecule has 1 aromatic heterocycles. The molecule has 4 nitrogen and oxygen atoms in total. The minimum atomic E-state index is -0.655. The third-order valence-electron chi connectivity index (χ3n) is 4.65. The van der Waals surface area contributed by atoms with Crippen LogP contribution in [0.4, 0.5) is 0 Å². The Hall–Kier alpha value is -1.62. The first-order chi connectivity index (χ1) is 12.6. The topological polar surface area (TPSA) is 43.7 Å². The third kappa shape index (κ3) is 4.76. The van der Waals surface area contributed by atoms with Crippen molar-refractivity contribution in [2.45, 2.75) is 44.3 Å². The Morgan fingerprint density at radius 2 is 2.00 bits per heavy atom. The highest BCUT2D eigenvalue weighted by molar-refractivity contribution is 6.37. The minimum Gasteiger partial charge on any atom is -0.360 e. The number of aromatic nitrogens is 1. The summed E-state index contributed by atoms with van der Waals surface area (Å²) in [7, 11) is 1.68. The number of halogens is 2. The highest BCUT2D eigenvalue weighted by atomic mass is 35.5. The molecular weight excluding hydrogens is 371 g/mol. The molecule has 2 aromatic rings. The molecule has 0 bridgehead atoms. The van der Waals surface area contributed by atoms with Crippen LogP contribution < -0.4 is 0 Å². The second-order valence-electron chi connectivity index (χ2n) is 6.47. The normalized spacial score (nSPS) is 17.1. The Balaban J connectivity index is 1.91. The first-order valence-electron chi connectivity index (χ1n) is 8.76. The molecule has 0 aliphatic heterocycles. The molecule has 138 valence electrons. The second kappa shape index (κ2) is 8.85. The van der Waals surface area contributed by atoms with Gasteiger partial charge in [-0.15, -0.1) is 0 Å². The maximum Gasteiger partial charge on any atom is 0.236 e. The first-order valence-corrected chi connectivity index (χ1v) is 9.52. The van der Waals surface area contributed by atoms with E-state index in [0.717, 1.165) is 42.5 Å².